The summed E-state index contributed by atoms with van der Waals surface area (Å²) in [5.41, 5.74) is -0.521. The molecule has 0 aromatic heterocycles. The lowest BCUT2D eigenvalue weighted by Gasteiger charge is -2.19. The maximum atomic E-state index is 11.4. The highest BCUT2D eigenvalue weighted by atomic mass is 16.6. The number of hydrogen-bond acceptors (Lipinski definition) is 4. The molecule has 1 saturated carbocycles. The van der Waals surface area contributed by atoms with E-state index in [1.165, 1.54) is 0 Å². The molecule has 0 saturated heterocycles. The predicted octanol–water partition coefficient (Wildman–Crippen LogP) is 1.40. The van der Waals surface area contributed by atoms with Crippen molar-refractivity contribution in [2.24, 2.45) is 11.8 Å². The van der Waals surface area contributed by atoms with Crippen LogP contribution in [0.1, 0.15) is 40.0 Å². The first kappa shape index (κ1) is 13.7. The fourth-order valence-electron chi connectivity index (χ4n) is 1.74. The minimum atomic E-state index is -1.11. The molecule has 0 amide bonds. The van der Waals surface area contributed by atoms with Crippen LogP contribution in [-0.2, 0) is 19.1 Å². The quantitative estimate of drug-likeness (QED) is 0.582. The number of carboxylic acids is 1. The van der Waals surface area contributed by atoms with Gasteiger partial charge in [-0.25, -0.2) is 0 Å². The van der Waals surface area contributed by atoms with Crippen LogP contribution >= 0.6 is 0 Å². The monoisotopic (exact) mass is 242 g/mol. The first-order chi connectivity index (χ1) is 7.69. The summed E-state index contributed by atoms with van der Waals surface area (Å²) >= 11 is 0. The summed E-state index contributed by atoms with van der Waals surface area (Å²) in [6, 6.07) is 0. The number of rotatable bonds is 5. The Balaban J connectivity index is 2.31. The molecule has 0 radical (unpaired) electrons. The smallest absolute Gasteiger partial charge is 0.310 e. The average molecular weight is 242 g/mol. The molecule has 2 atom stereocenters. The molecule has 17 heavy (non-hydrogen) atoms. The van der Waals surface area contributed by atoms with Gasteiger partial charge in [-0.15, -0.1) is 0 Å². The normalized spacial score (nSPS) is 23.0. The van der Waals surface area contributed by atoms with E-state index in [-0.39, 0.29) is 30.0 Å². The molecule has 0 aromatic carbocycles. The molecule has 1 N–H and O–H groups in total. The lowest BCUT2D eigenvalue weighted by molar-refractivity contribution is -0.155. The van der Waals surface area contributed by atoms with Crippen molar-refractivity contribution in [2.75, 3.05) is 0 Å². The summed E-state index contributed by atoms with van der Waals surface area (Å²) in [7, 11) is 0. The van der Waals surface area contributed by atoms with Crippen molar-refractivity contribution in [1.29, 1.82) is 0 Å². The first-order valence-corrected chi connectivity index (χ1v) is 5.65. The van der Waals surface area contributed by atoms with E-state index in [1.54, 1.807) is 20.8 Å². The van der Waals surface area contributed by atoms with Gasteiger partial charge in [0, 0.05) is 12.3 Å². The fraction of sp³-hybridized carbons (Fsp3) is 0.750. The number of carboxylic acid groups (broad SMARTS) is 1. The predicted molar refractivity (Wildman–Crippen MR) is 59.3 cm³/mol. The summed E-state index contributed by atoms with van der Waals surface area (Å²) in [5.74, 6) is -2.02. The molecular weight excluding hydrogens is 224 g/mol. The molecule has 1 aliphatic rings. The number of Topliss-reactive ketones (excluding diaryl/α,β-unsaturated/α-hetero) is 1. The van der Waals surface area contributed by atoms with E-state index < -0.39 is 18.0 Å². The SMILES string of the molecule is CC(C)(C)OC(=O)CC1CC1C(=O)CC(=O)O. The van der Waals surface area contributed by atoms with Gasteiger partial charge in [0.15, 0.2) is 0 Å². The minimum absolute atomic E-state index is 0.0308. The van der Waals surface area contributed by atoms with Crippen molar-refractivity contribution in [3.63, 3.8) is 0 Å². The molecule has 5 nitrogen and oxygen atoms in total. The van der Waals surface area contributed by atoms with Gasteiger partial charge in [0.2, 0.25) is 0 Å². The van der Waals surface area contributed by atoms with Gasteiger partial charge >= 0.3 is 11.9 Å². The van der Waals surface area contributed by atoms with Crippen LogP contribution < -0.4 is 0 Å². The number of ether oxygens (including phenoxy) is 1. The van der Waals surface area contributed by atoms with Crippen LogP contribution in [0.25, 0.3) is 0 Å². The number of aliphatic carboxylic acids is 1. The highest BCUT2D eigenvalue weighted by molar-refractivity contribution is 5.97. The molecule has 0 heterocycles. The van der Waals surface area contributed by atoms with Gasteiger partial charge < -0.3 is 9.84 Å². The van der Waals surface area contributed by atoms with Crippen molar-refractivity contribution in [3.8, 4) is 0 Å². The van der Waals surface area contributed by atoms with Crippen LogP contribution in [0.2, 0.25) is 0 Å². The van der Waals surface area contributed by atoms with E-state index in [0.29, 0.717) is 6.42 Å². The molecule has 0 spiro atoms. The van der Waals surface area contributed by atoms with Gasteiger partial charge in [-0.05, 0) is 33.1 Å². The summed E-state index contributed by atoms with van der Waals surface area (Å²) < 4.78 is 5.13. The fourth-order valence-corrected chi connectivity index (χ4v) is 1.74. The molecule has 1 fully saturated rings. The van der Waals surface area contributed by atoms with E-state index in [2.05, 4.69) is 0 Å². The van der Waals surface area contributed by atoms with Crippen molar-refractivity contribution in [2.45, 2.75) is 45.6 Å². The van der Waals surface area contributed by atoms with Gasteiger partial charge in [0.25, 0.3) is 0 Å². The number of carbonyl (C=O) groups excluding carboxylic acids is 2. The van der Waals surface area contributed by atoms with Gasteiger partial charge in [-0.3, -0.25) is 14.4 Å². The zero-order valence-electron chi connectivity index (χ0n) is 10.4. The standard InChI is InChI=1S/C12H18O5/c1-12(2,3)17-11(16)5-7-4-8(7)9(13)6-10(14)15/h7-8H,4-6H2,1-3H3,(H,14,15). The molecule has 5 heteroatoms. The average Bonchev–Trinajstić information content (AvgIpc) is 2.78. The molecule has 0 bridgehead atoms. The Bertz CT molecular complexity index is 339. The topological polar surface area (TPSA) is 80.7 Å². The third kappa shape index (κ3) is 4.97. The van der Waals surface area contributed by atoms with E-state index in [9.17, 15) is 14.4 Å². The zero-order chi connectivity index (χ0) is 13.2. The van der Waals surface area contributed by atoms with Gasteiger partial charge in [-0.1, -0.05) is 0 Å². The van der Waals surface area contributed by atoms with Gasteiger partial charge in [0.1, 0.15) is 17.8 Å². The van der Waals surface area contributed by atoms with E-state index >= 15 is 0 Å². The number of hydrogen-bond donors (Lipinski definition) is 1. The Morgan fingerprint density at radius 2 is 1.88 bits per heavy atom. The summed E-state index contributed by atoms with van der Waals surface area (Å²) in [4.78, 5) is 33.2. The Morgan fingerprint density at radius 3 is 2.35 bits per heavy atom. The van der Waals surface area contributed by atoms with Crippen LogP contribution in [0.5, 0.6) is 0 Å². The van der Waals surface area contributed by atoms with Crippen LogP contribution in [0.4, 0.5) is 0 Å². The van der Waals surface area contributed by atoms with E-state index in [4.69, 9.17) is 9.84 Å². The third-order valence-electron chi connectivity index (χ3n) is 2.51. The van der Waals surface area contributed by atoms with Crippen LogP contribution in [0, 0.1) is 11.8 Å². The Labute approximate surface area is 100 Å². The summed E-state index contributed by atoms with van der Waals surface area (Å²) in [6.45, 7) is 5.35. The highest BCUT2D eigenvalue weighted by Crippen LogP contribution is 2.42. The maximum Gasteiger partial charge on any atom is 0.310 e. The van der Waals surface area contributed by atoms with E-state index in [1.807, 2.05) is 0 Å². The first-order valence-electron chi connectivity index (χ1n) is 5.65. The Kier molecular flexibility index (Phi) is 3.91. The number of esters is 1. The molecule has 2 unspecified atom stereocenters. The van der Waals surface area contributed by atoms with Crippen LogP contribution in [0.15, 0.2) is 0 Å². The second-order valence-electron chi connectivity index (χ2n) is 5.43. The van der Waals surface area contributed by atoms with Gasteiger partial charge in [0.05, 0.1) is 0 Å². The minimum Gasteiger partial charge on any atom is -0.481 e. The van der Waals surface area contributed by atoms with Gasteiger partial charge in [-0.2, -0.15) is 0 Å². The Morgan fingerprint density at radius 1 is 1.29 bits per heavy atom. The van der Waals surface area contributed by atoms with Crippen LogP contribution in [0.3, 0.4) is 0 Å². The lowest BCUT2D eigenvalue weighted by atomic mass is 10.1. The number of carbonyl (C=O) groups is 3. The molecule has 1 aliphatic carbocycles. The van der Waals surface area contributed by atoms with E-state index in [0.717, 1.165) is 0 Å². The van der Waals surface area contributed by atoms with Crippen molar-refractivity contribution >= 4 is 17.7 Å². The molecule has 96 valence electrons. The Hall–Kier alpha value is -1.39. The van der Waals surface area contributed by atoms with Crippen molar-refractivity contribution < 1.29 is 24.2 Å². The molecule has 0 aromatic rings. The zero-order valence-corrected chi connectivity index (χ0v) is 10.4. The van der Waals surface area contributed by atoms with Crippen molar-refractivity contribution in [1.82, 2.24) is 0 Å². The third-order valence-corrected chi connectivity index (χ3v) is 2.51. The highest BCUT2D eigenvalue weighted by Gasteiger charge is 2.44. The second kappa shape index (κ2) is 4.85. The molecule has 1 rings (SSSR count). The second-order valence-corrected chi connectivity index (χ2v) is 5.43. The maximum absolute atomic E-state index is 11.4. The summed E-state index contributed by atoms with van der Waals surface area (Å²) in [5, 5.41) is 8.47. The van der Waals surface area contributed by atoms with Crippen LogP contribution in [-0.4, -0.2) is 28.4 Å². The lowest BCUT2D eigenvalue weighted by Crippen LogP contribution is -2.24. The van der Waals surface area contributed by atoms with Crippen molar-refractivity contribution in [3.05, 3.63) is 0 Å². The summed E-state index contributed by atoms with van der Waals surface area (Å²) in [6.07, 6.45) is 0.355. The largest absolute Gasteiger partial charge is 0.481 e. The number of ketones is 1. The molecule has 0 aliphatic heterocycles. The molecular formula is C12H18O5.